The molecule has 1 aromatic rings. The molecule has 1 aliphatic rings. The van der Waals surface area contributed by atoms with Gasteiger partial charge in [0.25, 0.3) is 0 Å². The van der Waals surface area contributed by atoms with Crippen LogP contribution in [0.15, 0.2) is 23.5 Å². The first kappa shape index (κ1) is 20.8. The van der Waals surface area contributed by atoms with Gasteiger partial charge in [0.1, 0.15) is 0 Å². The zero-order valence-corrected chi connectivity index (χ0v) is 17.0. The third kappa shape index (κ3) is 6.73. The summed E-state index contributed by atoms with van der Waals surface area (Å²) in [5.74, 6) is 1.52. The summed E-state index contributed by atoms with van der Waals surface area (Å²) in [6, 6.07) is 1.80. The average molecular weight is 469 g/mol. The van der Waals surface area contributed by atoms with Crippen LogP contribution in [0.3, 0.4) is 0 Å². The first-order valence-electron chi connectivity index (χ1n) is 7.42. The Hall–Kier alpha value is -1.21. The van der Waals surface area contributed by atoms with E-state index in [9.17, 15) is 8.42 Å². The first-order chi connectivity index (χ1) is 11.0. The lowest BCUT2D eigenvalue weighted by molar-refractivity contribution is 0.370. The Morgan fingerprint density at radius 2 is 1.83 bits per heavy atom. The van der Waals surface area contributed by atoms with Crippen molar-refractivity contribution in [2.75, 3.05) is 57.5 Å². The number of nitrogens with zero attached hydrogens (tertiary/aromatic N) is 5. The Morgan fingerprint density at radius 1 is 1.21 bits per heavy atom. The summed E-state index contributed by atoms with van der Waals surface area (Å²) in [6.45, 7) is 4.05. The van der Waals surface area contributed by atoms with Gasteiger partial charge >= 0.3 is 0 Å². The molecule has 2 N–H and O–H groups in total. The number of guanidine groups is 1. The third-order valence-corrected chi connectivity index (χ3v) is 4.13. The molecule has 2 heterocycles. The maximum Gasteiger partial charge on any atom is 0.225 e. The van der Waals surface area contributed by atoms with E-state index in [4.69, 9.17) is 0 Å². The van der Waals surface area contributed by atoms with Crippen LogP contribution in [0.4, 0.5) is 5.95 Å². The van der Waals surface area contributed by atoms with Crippen LogP contribution in [-0.2, 0) is 10.0 Å². The van der Waals surface area contributed by atoms with E-state index in [2.05, 4.69) is 34.8 Å². The monoisotopic (exact) mass is 469 g/mol. The molecule has 11 heteroatoms. The largest absolute Gasteiger partial charge is 0.355 e. The molecule has 1 saturated heterocycles. The highest BCUT2D eigenvalue weighted by Gasteiger charge is 2.20. The number of aliphatic imine (C=N–C) groups is 1. The van der Waals surface area contributed by atoms with Gasteiger partial charge in [0.15, 0.2) is 5.96 Å². The van der Waals surface area contributed by atoms with Crippen molar-refractivity contribution < 1.29 is 8.42 Å². The summed E-state index contributed by atoms with van der Waals surface area (Å²) in [5.41, 5.74) is 0. The minimum atomic E-state index is -3.16. The topological polar surface area (TPSA) is 103 Å². The molecule has 0 radical (unpaired) electrons. The van der Waals surface area contributed by atoms with Crippen molar-refractivity contribution in [1.82, 2.24) is 24.9 Å². The van der Waals surface area contributed by atoms with Gasteiger partial charge in [0.2, 0.25) is 16.0 Å². The van der Waals surface area contributed by atoms with Crippen LogP contribution in [0, 0.1) is 0 Å². The van der Waals surface area contributed by atoms with Crippen LogP contribution in [0.1, 0.15) is 0 Å². The summed E-state index contributed by atoms with van der Waals surface area (Å²) < 4.78 is 24.5. The lowest BCUT2D eigenvalue weighted by atomic mass is 10.3. The molecular formula is C13H24IN7O2S. The lowest BCUT2D eigenvalue weighted by Gasteiger charge is -2.36. The van der Waals surface area contributed by atoms with Gasteiger partial charge < -0.3 is 15.1 Å². The van der Waals surface area contributed by atoms with Crippen LogP contribution in [0.2, 0.25) is 0 Å². The summed E-state index contributed by atoms with van der Waals surface area (Å²) >= 11 is 0. The Labute approximate surface area is 160 Å². The van der Waals surface area contributed by atoms with Crippen molar-refractivity contribution in [3.8, 4) is 0 Å². The highest BCUT2D eigenvalue weighted by molar-refractivity contribution is 14.0. The van der Waals surface area contributed by atoms with Crippen LogP contribution >= 0.6 is 24.0 Å². The van der Waals surface area contributed by atoms with Gasteiger partial charge in [-0.05, 0) is 6.07 Å². The molecule has 1 aromatic heterocycles. The van der Waals surface area contributed by atoms with Gasteiger partial charge in [0, 0.05) is 58.7 Å². The second-order valence-corrected chi connectivity index (χ2v) is 7.00. The second-order valence-electron chi connectivity index (χ2n) is 5.16. The van der Waals surface area contributed by atoms with E-state index < -0.39 is 10.0 Å². The van der Waals surface area contributed by atoms with Gasteiger partial charge in [0.05, 0.1) is 6.26 Å². The van der Waals surface area contributed by atoms with E-state index in [1.807, 2.05) is 0 Å². The fraction of sp³-hybridized carbons (Fsp3) is 0.615. The predicted molar refractivity (Wildman–Crippen MR) is 105 cm³/mol. The average Bonchev–Trinajstić information content (AvgIpc) is 2.55. The zero-order chi connectivity index (χ0) is 16.7. The third-order valence-electron chi connectivity index (χ3n) is 3.40. The number of hydrogen-bond acceptors (Lipinski definition) is 6. The Kier molecular flexibility index (Phi) is 8.62. The van der Waals surface area contributed by atoms with Gasteiger partial charge in [-0.25, -0.2) is 23.1 Å². The van der Waals surface area contributed by atoms with E-state index in [1.54, 1.807) is 25.5 Å². The Morgan fingerprint density at radius 3 is 2.38 bits per heavy atom. The van der Waals surface area contributed by atoms with E-state index in [-0.39, 0.29) is 24.0 Å². The summed E-state index contributed by atoms with van der Waals surface area (Å²) in [7, 11) is -1.43. The van der Waals surface area contributed by atoms with Crippen molar-refractivity contribution in [1.29, 1.82) is 0 Å². The second kappa shape index (κ2) is 9.93. The maximum atomic E-state index is 11.0. The summed E-state index contributed by atoms with van der Waals surface area (Å²) in [6.07, 6.45) is 4.63. The SMILES string of the molecule is CN=C(NCCNS(C)(=O)=O)N1CCN(c2ncccn2)CC1.I. The summed E-state index contributed by atoms with van der Waals surface area (Å²) in [5, 5.41) is 3.17. The van der Waals surface area contributed by atoms with Crippen LogP contribution in [-0.4, -0.2) is 81.8 Å². The fourth-order valence-electron chi connectivity index (χ4n) is 2.32. The molecule has 0 aliphatic carbocycles. The molecule has 0 unspecified atom stereocenters. The quantitative estimate of drug-likeness (QED) is 0.256. The summed E-state index contributed by atoms with van der Waals surface area (Å²) in [4.78, 5) is 17.0. The molecule has 2 rings (SSSR count). The van der Waals surface area contributed by atoms with Gasteiger partial charge in [-0.2, -0.15) is 0 Å². The Bertz CT molecular complexity index is 618. The molecule has 1 aliphatic heterocycles. The van der Waals surface area contributed by atoms with Gasteiger partial charge in [-0.1, -0.05) is 0 Å². The number of anilines is 1. The maximum absolute atomic E-state index is 11.0. The minimum Gasteiger partial charge on any atom is -0.355 e. The standard InChI is InChI=1S/C13H23N7O2S.HI/c1-14-12(17-6-7-18-23(2,21)22)19-8-10-20(11-9-19)13-15-4-3-5-16-13;/h3-5,18H,6-11H2,1-2H3,(H,14,17);1H. The number of hydrogen-bond donors (Lipinski definition) is 2. The molecule has 1 fully saturated rings. The van der Waals surface area contributed by atoms with E-state index in [0.29, 0.717) is 13.1 Å². The van der Waals surface area contributed by atoms with Crippen LogP contribution in [0.5, 0.6) is 0 Å². The number of sulfonamides is 1. The first-order valence-corrected chi connectivity index (χ1v) is 9.31. The fourth-order valence-corrected chi connectivity index (χ4v) is 2.79. The normalized spacial score (nSPS) is 15.8. The molecule has 24 heavy (non-hydrogen) atoms. The molecule has 0 spiro atoms. The highest BCUT2D eigenvalue weighted by Crippen LogP contribution is 2.09. The van der Waals surface area contributed by atoms with Crippen molar-refractivity contribution in [2.45, 2.75) is 0 Å². The van der Waals surface area contributed by atoms with Crippen molar-refractivity contribution in [3.05, 3.63) is 18.5 Å². The molecule has 9 nitrogen and oxygen atoms in total. The van der Waals surface area contributed by atoms with E-state index in [0.717, 1.165) is 44.3 Å². The highest BCUT2D eigenvalue weighted by atomic mass is 127. The van der Waals surface area contributed by atoms with Crippen molar-refractivity contribution in [2.24, 2.45) is 4.99 Å². The van der Waals surface area contributed by atoms with Gasteiger partial charge in [-0.15, -0.1) is 24.0 Å². The minimum absolute atomic E-state index is 0. The van der Waals surface area contributed by atoms with Crippen molar-refractivity contribution >= 4 is 45.9 Å². The number of halogens is 1. The molecule has 0 atom stereocenters. The van der Waals surface area contributed by atoms with E-state index in [1.165, 1.54) is 0 Å². The number of nitrogens with one attached hydrogen (secondary N) is 2. The van der Waals surface area contributed by atoms with Crippen LogP contribution in [0.25, 0.3) is 0 Å². The molecule has 136 valence electrons. The molecular weight excluding hydrogens is 445 g/mol. The lowest BCUT2D eigenvalue weighted by Crippen LogP contribution is -2.53. The van der Waals surface area contributed by atoms with E-state index >= 15 is 0 Å². The molecule has 0 saturated carbocycles. The Balaban J connectivity index is 0.00000288. The molecule has 0 bridgehead atoms. The number of piperazine rings is 1. The number of rotatable bonds is 5. The smallest absolute Gasteiger partial charge is 0.225 e. The van der Waals surface area contributed by atoms with Gasteiger partial charge in [-0.3, -0.25) is 4.99 Å². The van der Waals surface area contributed by atoms with Crippen LogP contribution < -0.4 is 14.9 Å². The van der Waals surface area contributed by atoms with Crippen molar-refractivity contribution in [3.63, 3.8) is 0 Å². The molecule has 0 amide bonds. The predicted octanol–water partition coefficient (Wildman–Crippen LogP) is -0.659. The zero-order valence-electron chi connectivity index (χ0n) is 13.8. The molecule has 0 aromatic carbocycles. The number of aromatic nitrogens is 2.